The van der Waals surface area contributed by atoms with E-state index in [0.717, 1.165) is 11.1 Å². The Balaban J connectivity index is 1.43. The largest absolute Gasteiger partial charge is 0.469 e. The molecule has 6 nitrogen and oxygen atoms in total. The summed E-state index contributed by atoms with van der Waals surface area (Å²) in [5.41, 5.74) is 2.40. The zero-order valence-electron chi connectivity index (χ0n) is 18.5. The van der Waals surface area contributed by atoms with Gasteiger partial charge in [0, 0.05) is 5.69 Å². The molecular formula is C27H23FN2O4. The van der Waals surface area contributed by atoms with Crippen LogP contribution < -0.4 is 10.6 Å². The first-order chi connectivity index (χ1) is 16.5. The van der Waals surface area contributed by atoms with Crippen LogP contribution in [0.5, 0.6) is 0 Å². The average Bonchev–Trinajstić information content (AvgIpc) is 3.29. The van der Waals surface area contributed by atoms with E-state index in [1.54, 1.807) is 6.92 Å². The quantitative estimate of drug-likeness (QED) is 0.354. The summed E-state index contributed by atoms with van der Waals surface area (Å²) < 4.78 is 25.3. The van der Waals surface area contributed by atoms with Gasteiger partial charge in [0.15, 0.2) is 0 Å². The highest BCUT2D eigenvalue weighted by atomic mass is 19.1. The third-order valence-corrected chi connectivity index (χ3v) is 5.19. The van der Waals surface area contributed by atoms with Crippen LogP contribution in [0.25, 0.3) is 0 Å². The molecule has 7 heteroatoms. The normalized spacial score (nSPS) is 10.8. The summed E-state index contributed by atoms with van der Waals surface area (Å²) in [6, 6.07) is 24.7. The van der Waals surface area contributed by atoms with E-state index in [9.17, 15) is 14.0 Å². The van der Waals surface area contributed by atoms with Gasteiger partial charge in [-0.05, 0) is 42.3 Å². The van der Waals surface area contributed by atoms with Gasteiger partial charge in [0.2, 0.25) is 5.91 Å². The van der Waals surface area contributed by atoms with Crippen molar-refractivity contribution < 1.29 is 23.1 Å². The molecule has 4 rings (SSSR count). The van der Waals surface area contributed by atoms with Gasteiger partial charge >= 0.3 is 0 Å². The van der Waals surface area contributed by atoms with Crippen LogP contribution in [0.15, 0.2) is 95.6 Å². The Morgan fingerprint density at radius 3 is 2.15 bits per heavy atom. The van der Waals surface area contributed by atoms with Crippen molar-refractivity contribution >= 4 is 23.2 Å². The second kappa shape index (κ2) is 10.6. The van der Waals surface area contributed by atoms with E-state index >= 15 is 0 Å². The van der Waals surface area contributed by atoms with Gasteiger partial charge in [-0.25, -0.2) is 4.39 Å². The third-order valence-electron chi connectivity index (χ3n) is 5.19. The van der Waals surface area contributed by atoms with Crippen LogP contribution in [0.3, 0.4) is 0 Å². The first-order valence-corrected chi connectivity index (χ1v) is 10.7. The third kappa shape index (κ3) is 5.57. The Morgan fingerprint density at radius 1 is 0.912 bits per heavy atom. The highest BCUT2D eigenvalue weighted by Crippen LogP contribution is 2.26. The van der Waals surface area contributed by atoms with E-state index < -0.39 is 23.7 Å². The first kappa shape index (κ1) is 22.9. The van der Waals surface area contributed by atoms with Gasteiger partial charge in [-0.15, -0.1) is 0 Å². The van der Waals surface area contributed by atoms with Gasteiger partial charge in [-0.3, -0.25) is 9.59 Å². The van der Waals surface area contributed by atoms with E-state index in [0.29, 0.717) is 17.0 Å². The highest BCUT2D eigenvalue weighted by Gasteiger charge is 2.17. The number of hydrogen-bond acceptors (Lipinski definition) is 4. The lowest BCUT2D eigenvalue weighted by atomic mass is 10.0. The Hall–Kier alpha value is -4.23. The second-order valence-electron chi connectivity index (χ2n) is 7.60. The Bertz CT molecular complexity index is 1230. The van der Waals surface area contributed by atoms with Gasteiger partial charge in [0.25, 0.3) is 5.91 Å². The molecule has 0 atom stereocenters. The van der Waals surface area contributed by atoms with Gasteiger partial charge in [-0.1, -0.05) is 60.7 Å². The number of anilines is 2. The molecule has 2 amide bonds. The minimum absolute atomic E-state index is 0.0595. The number of carbonyl (C=O) groups excluding carboxylic acids is 2. The number of halogens is 1. The van der Waals surface area contributed by atoms with Crippen molar-refractivity contribution in [2.24, 2.45) is 0 Å². The Kier molecular flexibility index (Phi) is 7.15. The molecule has 34 heavy (non-hydrogen) atoms. The van der Waals surface area contributed by atoms with E-state index in [1.165, 1.54) is 30.5 Å². The van der Waals surface area contributed by atoms with Crippen molar-refractivity contribution in [1.29, 1.82) is 0 Å². The van der Waals surface area contributed by atoms with E-state index in [-0.39, 0.29) is 12.3 Å². The van der Waals surface area contributed by atoms with Crippen molar-refractivity contribution in [2.75, 3.05) is 17.2 Å². The zero-order chi connectivity index (χ0) is 23.9. The van der Waals surface area contributed by atoms with Crippen molar-refractivity contribution in [3.63, 3.8) is 0 Å². The number of nitrogens with one attached hydrogen (secondary N) is 2. The van der Waals surface area contributed by atoms with Crippen LogP contribution in [0.2, 0.25) is 0 Å². The molecule has 0 saturated carbocycles. The van der Waals surface area contributed by atoms with Crippen LogP contribution in [0, 0.1) is 12.7 Å². The lowest BCUT2D eigenvalue weighted by molar-refractivity contribution is -0.121. The number of aryl methyl sites for hydroxylation is 1. The summed E-state index contributed by atoms with van der Waals surface area (Å²) in [7, 11) is 0. The highest BCUT2D eigenvalue weighted by molar-refractivity contribution is 6.05. The number of hydrogen-bond donors (Lipinski definition) is 2. The lowest BCUT2D eigenvalue weighted by Gasteiger charge is -2.19. The summed E-state index contributed by atoms with van der Waals surface area (Å²) in [5, 5.41) is 5.19. The van der Waals surface area contributed by atoms with Crippen LogP contribution in [-0.2, 0) is 9.53 Å². The molecule has 0 aliphatic heterocycles. The van der Waals surface area contributed by atoms with E-state index in [1.807, 2.05) is 60.7 Å². The van der Waals surface area contributed by atoms with E-state index in [2.05, 4.69) is 10.6 Å². The number of furan rings is 1. The smallest absolute Gasteiger partial charge is 0.259 e. The Labute approximate surface area is 196 Å². The molecule has 0 bridgehead atoms. The molecule has 0 fully saturated rings. The summed E-state index contributed by atoms with van der Waals surface area (Å²) >= 11 is 0. The summed E-state index contributed by atoms with van der Waals surface area (Å²) in [6.07, 6.45) is 0.962. The predicted octanol–water partition coefficient (Wildman–Crippen LogP) is 5.72. The molecule has 0 spiro atoms. The number of amides is 2. The van der Waals surface area contributed by atoms with Crippen LogP contribution in [-0.4, -0.2) is 18.4 Å². The van der Waals surface area contributed by atoms with Gasteiger partial charge < -0.3 is 19.8 Å². The topological polar surface area (TPSA) is 80.6 Å². The van der Waals surface area contributed by atoms with Crippen LogP contribution in [0.4, 0.5) is 15.8 Å². The minimum Gasteiger partial charge on any atom is -0.469 e. The maximum absolute atomic E-state index is 14.3. The summed E-state index contributed by atoms with van der Waals surface area (Å²) in [4.78, 5) is 25.0. The summed E-state index contributed by atoms with van der Waals surface area (Å²) in [6.45, 7) is 1.42. The molecular weight excluding hydrogens is 435 g/mol. The molecule has 0 aliphatic rings. The maximum Gasteiger partial charge on any atom is 0.259 e. The fraction of sp³-hybridized carbons (Fsp3) is 0.111. The number of carbonyl (C=O) groups is 2. The molecule has 0 saturated heterocycles. The first-order valence-electron chi connectivity index (χ1n) is 10.7. The van der Waals surface area contributed by atoms with E-state index in [4.69, 9.17) is 9.15 Å². The standard InChI is InChI=1S/C27H23FN2O4/c1-18-22(14-15-33-18)27(32)30-24-16-21(12-13-23(24)28)29-25(31)17-34-26(19-8-4-2-5-9-19)20-10-6-3-7-11-20/h2-16,26H,17H2,1H3,(H,29,31)(H,30,32). The number of rotatable bonds is 8. The van der Waals surface area contributed by atoms with Gasteiger partial charge in [-0.2, -0.15) is 0 Å². The second-order valence-corrected chi connectivity index (χ2v) is 7.60. The molecule has 4 aromatic rings. The van der Waals surface area contributed by atoms with Gasteiger partial charge in [0.1, 0.15) is 24.3 Å². The minimum atomic E-state index is -0.628. The van der Waals surface area contributed by atoms with Crippen LogP contribution in [0.1, 0.15) is 33.3 Å². The number of benzene rings is 3. The lowest BCUT2D eigenvalue weighted by Crippen LogP contribution is -2.21. The fourth-order valence-electron chi connectivity index (χ4n) is 3.51. The molecule has 1 aromatic heterocycles. The molecule has 2 N–H and O–H groups in total. The molecule has 0 radical (unpaired) electrons. The van der Waals surface area contributed by atoms with Crippen molar-refractivity contribution in [3.05, 3.63) is 119 Å². The maximum atomic E-state index is 14.3. The fourth-order valence-corrected chi connectivity index (χ4v) is 3.51. The molecule has 0 unspecified atom stereocenters. The molecule has 172 valence electrons. The Morgan fingerprint density at radius 2 is 1.56 bits per heavy atom. The predicted molar refractivity (Wildman–Crippen MR) is 127 cm³/mol. The number of ether oxygens (including phenoxy) is 1. The monoisotopic (exact) mass is 458 g/mol. The zero-order valence-corrected chi connectivity index (χ0v) is 18.5. The van der Waals surface area contributed by atoms with Crippen LogP contribution >= 0.6 is 0 Å². The van der Waals surface area contributed by atoms with Gasteiger partial charge in [0.05, 0.1) is 17.5 Å². The molecule has 0 aliphatic carbocycles. The summed E-state index contributed by atoms with van der Waals surface area (Å²) in [5.74, 6) is -1.13. The average molecular weight is 458 g/mol. The van der Waals surface area contributed by atoms with Crippen molar-refractivity contribution in [3.8, 4) is 0 Å². The molecule has 1 heterocycles. The SMILES string of the molecule is Cc1occc1C(=O)Nc1cc(NC(=O)COC(c2ccccc2)c2ccccc2)ccc1F. The molecule has 3 aromatic carbocycles. The van der Waals surface area contributed by atoms with Crippen molar-refractivity contribution in [1.82, 2.24) is 0 Å². The van der Waals surface area contributed by atoms with Crippen molar-refractivity contribution in [2.45, 2.75) is 13.0 Å².